The molecule has 0 radical (unpaired) electrons. The number of alkyl halides is 3. The van der Waals surface area contributed by atoms with Crippen LogP contribution in [0.2, 0.25) is 0 Å². The normalized spacial score (nSPS) is 24.9. The Kier molecular flexibility index (Phi) is 7.36. The van der Waals surface area contributed by atoms with Gasteiger partial charge in [0.05, 0.1) is 17.2 Å². The molecule has 5 nitrogen and oxygen atoms in total. The second-order valence-electron chi connectivity index (χ2n) is 10.9. The predicted molar refractivity (Wildman–Crippen MR) is 136 cm³/mol. The van der Waals surface area contributed by atoms with Crippen molar-refractivity contribution >= 4 is 11.7 Å². The van der Waals surface area contributed by atoms with E-state index < -0.39 is 23.6 Å². The largest absolute Gasteiger partial charge is 0.416 e. The lowest BCUT2D eigenvalue weighted by molar-refractivity contribution is -0.137. The summed E-state index contributed by atoms with van der Waals surface area (Å²) in [4.78, 5) is 17.5. The summed E-state index contributed by atoms with van der Waals surface area (Å²) in [5, 5.41) is 11.9. The number of rotatable bonds is 7. The van der Waals surface area contributed by atoms with E-state index >= 15 is 0 Å². The maximum Gasteiger partial charge on any atom is 0.416 e. The van der Waals surface area contributed by atoms with E-state index in [4.69, 9.17) is 0 Å². The number of nitriles is 1. The standard InChI is InChI=1S/C29H32F4N4O/c30-24-14-22(29(31,32)33)15-25(17-24)35-27(38)37(12-4-11-36-9-1-2-10-36)26-7-8-28(18-23(28)16-26)21-6-3-5-20(13-21)19-34/h3,5-6,13-15,17,23,26H,1-2,4,7-12,16,18H2,(H,35,38)/t23?,26-,28+/m1/s1. The minimum atomic E-state index is -4.71. The molecule has 2 saturated carbocycles. The molecule has 2 aromatic rings. The quantitative estimate of drug-likeness (QED) is 0.415. The molecule has 202 valence electrons. The van der Waals surface area contributed by atoms with E-state index in [2.05, 4.69) is 22.4 Å². The van der Waals surface area contributed by atoms with Crippen molar-refractivity contribution in [3.05, 3.63) is 65.0 Å². The lowest BCUT2D eigenvalue weighted by Crippen LogP contribution is -2.46. The molecule has 1 N–H and O–H groups in total. The number of carbonyl (C=O) groups is 1. The zero-order chi connectivity index (χ0) is 26.9. The van der Waals surface area contributed by atoms with Crippen LogP contribution >= 0.6 is 0 Å². The molecule has 1 unspecified atom stereocenters. The molecule has 3 fully saturated rings. The summed E-state index contributed by atoms with van der Waals surface area (Å²) in [6.07, 6.45) is 1.84. The number of hydrogen-bond donors (Lipinski definition) is 1. The van der Waals surface area contributed by atoms with Gasteiger partial charge in [0.1, 0.15) is 5.82 Å². The van der Waals surface area contributed by atoms with Gasteiger partial charge in [0.25, 0.3) is 0 Å². The molecule has 2 aliphatic carbocycles. The van der Waals surface area contributed by atoms with Gasteiger partial charge in [0.15, 0.2) is 0 Å². The molecule has 2 aromatic carbocycles. The highest BCUT2D eigenvalue weighted by molar-refractivity contribution is 5.89. The molecule has 1 heterocycles. The van der Waals surface area contributed by atoms with Gasteiger partial charge in [-0.15, -0.1) is 0 Å². The number of hydrogen-bond acceptors (Lipinski definition) is 3. The summed E-state index contributed by atoms with van der Waals surface area (Å²) in [6.45, 7) is 3.44. The molecule has 38 heavy (non-hydrogen) atoms. The number of halogens is 4. The van der Waals surface area contributed by atoms with Crippen LogP contribution < -0.4 is 5.32 Å². The second kappa shape index (κ2) is 10.6. The first-order chi connectivity index (χ1) is 18.2. The fraction of sp³-hybridized carbons (Fsp3) is 0.517. The Bertz CT molecular complexity index is 1220. The van der Waals surface area contributed by atoms with Crippen molar-refractivity contribution in [3.63, 3.8) is 0 Å². The minimum Gasteiger partial charge on any atom is -0.321 e. The number of likely N-dealkylation sites (tertiary alicyclic amines) is 1. The van der Waals surface area contributed by atoms with Crippen LogP contribution in [-0.2, 0) is 11.6 Å². The first kappa shape index (κ1) is 26.5. The molecule has 9 heteroatoms. The van der Waals surface area contributed by atoms with Crippen LogP contribution in [-0.4, -0.2) is 48.1 Å². The van der Waals surface area contributed by atoms with Crippen LogP contribution in [0, 0.1) is 23.1 Å². The Morgan fingerprint density at radius 1 is 1.18 bits per heavy atom. The lowest BCUT2D eigenvalue weighted by Gasteiger charge is -2.37. The molecule has 5 rings (SSSR count). The summed E-state index contributed by atoms with van der Waals surface area (Å²) in [7, 11) is 0. The number of fused-ring (bicyclic) bond motifs is 1. The minimum absolute atomic E-state index is 0.0330. The van der Waals surface area contributed by atoms with Gasteiger partial charge < -0.3 is 15.1 Å². The third-order valence-corrected chi connectivity index (χ3v) is 8.53. The van der Waals surface area contributed by atoms with E-state index in [1.54, 1.807) is 11.0 Å². The van der Waals surface area contributed by atoms with Gasteiger partial charge in [-0.3, -0.25) is 0 Å². The van der Waals surface area contributed by atoms with Crippen LogP contribution in [0.1, 0.15) is 61.6 Å². The van der Waals surface area contributed by atoms with Crippen LogP contribution in [0.3, 0.4) is 0 Å². The number of carbonyl (C=O) groups excluding carboxylic acids is 1. The Balaban J connectivity index is 1.30. The smallest absolute Gasteiger partial charge is 0.321 e. The fourth-order valence-corrected chi connectivity index (χ4v) is 6.49. The molecule has 0 aromatic heterocycles. The van der Waals surface area contributed by atoms with E-state index in [0.717, 1.165) is 63.9 Å². The molecule has 3 aliphatic rings. The first-order valence-electron chi connectivity index (χ1n) is 13.4. The average molecular weight is 529 g/mol. The first-order valence-corrected chi connectivity index (χ1v) is 13.4. The molecular formula is C29H32F4N4O. The Labute approximate surface area is 220 Å². The van der Waals surface area contributed by atoms with Crippen LogP contribution in [0.4, 0.5) is 28.0 Å². The Morgan fingerprint density at radius 2 is 1.97 bits per heavy atom. The molecular weight excluding hydrogens is 496 g/mol. The predicted octanol–water partition coefficient (Wildman–Crippen LogP) is 6.55. The van der Waals surface area contributed by atoms with E-state index in [9.17, 15) is 27.6 Å². The van der Waals surface area contributed by atoms with Gasteiger partial charge >= 0.3 is 12.2 Å². The maximum absolute atomic E-state index is 14.0. The van der Waals surface area contributed by atoms with Crippen molar-refractivity contribution in [1.29, 1.82) is 5.26 Å². The zero-order valence-corrected chi connectivity index (χ0v) is 21.2. The summed E-state index contributed by atoms with van der Waals surface area (Å²) in [5.74, 6) is -0.661. The van der Waals surface area contributed by atoms with Crippen LogP contribution in [0.15, 0.2) is 42.5 Å². The van der Waals surface area contributed by atoms with E-state index in [-0.39, 0.29) is 17.1 Å². The molecule has 2 amide bonds. The van der Waals surface area contributed by atoms with Gasteiger partial charge in [-0.2, -0.15) is 18.4 Å². The highest BCUT2D eigenvalue weighted by Crippen LogP contribution is 2.63. The van der Waals surface area contributed by atoms with Crippen LogP contribution in [0.25, 0.3) is 0 Å². The average Bonchev–Trinajstić information content (AvgIpc) is 3.40. The van der Waals surface area contributed by atoms with Crippen molar-refractivity contribution in [2.24, 2.45) is 5.92 Å². The number of amides is 2. The van der Waals surface area contributed by atoms with Gasteiger partial charge in [-0.05, 0) is 112 Å². The molecule has 1 saturated heterocycles. The monoisotopic (exact) mass is 528 g/mol. The van der Waals surface area contributed by atoms with Gasteiger partial charge in [-0.25, -0.2) is 9.18 Å². The van der Waals surface area contributed by atoms with Gasteiger partial charge in [-0.1, -0.05) is 12.1 Å². The lowest BCUT2D eigenvalue weighted by atomic mass is 9.80. The SMILES string of the molecule is N#Cc1cccc([C@@]23CC[C@@H](N(CCCN4CCCC4)C(=O)Nc4cc(F)cc(C(F)(F)F)c4)CC2C3)c1. The number of anilines is 1. The molecule has 0 spiro atoms. The highest BCUT2D eigenvalue weighted by Gasteiger charge is 2.58. The zero-order valence-electron chi connectivity index (χ0n) is 21.2. The second-order valence-corrected chi connectivity index (χ2v) is 10.9. The fourth-order valence-electron chi connectivity index (χ4n) is 6.49. The molecule has 3 atom stereocenters. The summed E-state index contributed by atoms with van der Waals surface area (Å²) in [6, 6.07) is 11.5. The van der Waals surface area contributed by atoms with E-state index in [1.807, 2.05) is 12.1 Å². The summed E-state index contributed by atoms with van der Waals surface area (Å²) >= 11 is 0. The molecule has 1 aliphatic heterocycles. The topological polar surface area (TPSA) is 59.4 Å². The third kappa shape index (κ3) is 5.65. The van der Waals surface area contributed by atoms with Crippen molar-refractivity contribution in [3.8, 4) is 6.07 Å². The summed E-state index contributed by atoms with van der Waals surface area (Å²) in [5.41, 5.74) is 0.515. The molecule has 0 bridgehead atoms. The van der Waals surface area contributed by atoms with Crippen LogP contribution in [0.5, 0.6) is 0 Å². The maximum atomic E-state index is 14.0. The van der Waals surface area contributed by atoms with E-state index in [0.29, 0.717) is 24.1 Å². The Morgan fingerprint density at radius 3 is 2.68 bits per heavy atom. The summed E-state index contributed by atoms with van der Waals surface area (Å²) < 4.78 is 53.6. The van der Waals surface area contributed by atoms with Crippen molar-refractivity contribution < 1.29 is 22.4 Å². The number of nitrogens with zero attached hydrogens (tertiary/aromatic N) is 3. The van der Waals surface area contributed by atoms with E-state index in [1.165, 1.54) is 18.4 Å². The number of nitrogens with one attached hydrogen (secondary N) is 1. The van der Waals surface area contributed by atoms with Crippen molar-refractivity contribution in [2.45, 2.75) is 62.6 Å². The van der Waals surface area contributed by atoms with Crippen molar-refractivity contribution in [1.82, 2.24) is 9.80 Å². The number of urea groups is 1. The third-order valence-electron chi connectivity index (χ3n) is 8.53. The van der Waals surface area contributed by atoms with Gasteiger partial charge in [0.2, 0.25) is 0 Å². The van der Waals surface area contributed by atoms with Gasteiger partial charge in [0, 0.05) is 18.3 Å². The van der Waals surface area contributed by atoms with Crippen molar-refractivity contribution in [2.75, 3.05) is 31.5 Å². The highest BCUT2D eigenvalue weighted by atomic mass is 19.4. The Hall–Kier alpha value is -3.12. The number of benzene rings is 2.